The van der Waals surface area contributed by atoms with Gasteiger partial charge in [0.15, 0.2) is 15.2 Å². The normalized spacial score (nSPS) is 19.7. The van der Waals surface area contributed by atoms with Crippen LogP contribution < -0.4 is 67.5 Å². The summed E-state index contributed by atoms with van der Waals surface area (Å²) < 4.78 is 0.759. The summed E-state index contributed by atoms with van der Waals surface area (Å²) in [6, 6.07) is -1.46. The van der Waals surface area contributed by atoms with Crippen LogP contribution in [0.25, 0.3) is 0 Å². The van der Waals surface area contributed by atoms with Crippen LogP contribution in [0.3, 0.4) is 0 Å². The van der Waals surface area contributed by atoms with Crippen LogP contribution in [-0.4, -0.2) is 68.5 Å². The number of allylic oxidation sites excluding steroid dienone is 2. The summed E-state index contributed by atoms with van der Waals surface area (Å²) in [5.74, 6) is -2.27. The zero-order chi connectivity index (χ0) is 24.2. The van der Waals surface area contributed by atoms with Crippen LogP contribution in [0.15, 0.2) is 42.5 Å². The molecule has 1 fully saturated rings. The molecular formula is C18H16KN7O5S4. The Morgan fingerprint density at radius 3 is 2.89 bits per heavy atom. The van der Waals surface area contributed by atoms with Crippen molar-refractivity contribution >= 4 is 74.8 Å². The number of nitrogens with zero attached hydrogens (tertiary/aromatic N) is 5. The number of carboxylic acids is 1. The molecular weight excluding hydrogens is 562 g/mol. The minimum atomic E-state index is -1.45. The van der Waals surface area contributed by atoms with E-state index < -0.39 is 29.9 Å². The third kappa shape index (κ3) is 6.34. The summed E-state index contributed by atoms with van der Waals surface area (Å²) in [4.78, 5) is 47.9. The number of anilines is 1. The number of thioether (sulfide) groups is 2. The third-order valence-electron chi connectivity index (χ3n) is 4.70. The molecule has 12 nitrogen and oxygen atoms in total. The predicted octanol–water partition coefficient (Wildman–Crippen LogP) is -2.97. The van der Waals surface area contributed by atoms with Gasteiger partial charge in [0.1, 0.15) is 24.4 Å². The number of fused-ring (bicyclic) bond motifs is 1. The maximum Gasteiger partial charge on any atom is 1.00 e. The summed E-state index contributed by atoms with van der Waals surface area (Å²) in [6.07, 6.45) is 2.09. The van der Waals surface area contributed by atoms with Crippen LogP contribution in [0.2, 0.25) is 0 Å². The monoisotopic (exact) mass is 577 g/mol. The Labute approximate surface area is 258 Å². The van der Waals surface area contributed by atoms with Gasteiger partial charge in [-0.15, -0.1) is 33.3 Å². The smallest absolute Gasteiger partial charge is 0.543 e. The molecule has 2 unspecified atom stereocenters. The number of aromatic nitrogens is 3. The maximum atomic E-state index is 12.8. The Balaban J connectivity index is 0.00000342. The number of carbonyl (C=O) groups is 3. The van der Waals surface area contributed by atoms with E-state index in [-0.39, 0.29) is 73.6 Å². The van der Waals surface area contributed by atoms with E-state index in [1.807, 2.05) is 0 Å². The fraction of sp³-hybridized carbons (Fsp3) is 0.278. The van der Waals surface area contributed by atoms with Crippen molar-refractivity contribution in [2.75, 3.05) is 18.6 Å². The second kappa shape index (κ2) is 12.8. The number of amides is 2. The predicted molar refractivity (Wildman–Crippen MR) is 127 cm³/mol. The number of β-lactam (4-membered cyclic amide) rings is 1. The number of carboxylic acid groups (broad SMARTS) is 1. The number of nitrogen functional groups attached to an aromatic ring is 1. The zero-order valence-corrected chi connectivity index (χ0v) is 24.8. The number of nitrogens with one attached hydrogen (secondary N) is 1. The quantitative estimate of drug-likeness (QED) is 0.102. The molecule has 2 aliphatic heterocycles. The van der Waals surface area contributed by atoms with Crippen LogP contribution in [-0.2, 0) is 19.2 Å². The molecule has 2 aromatic heterocycles. The Morgan fingerprint density at radius 2 is 2.26 bits per heavy atom. The van der Waals surface area contributed by atoms with Crippen molar-refractivity contribution in [3.8, 4) is 0 Å². The number of rotatable bonds is 9. The van der Waals surface area contributed by atoms with Crippen molar-refractivity contribution in [1.82, 2.24) is 25.4 Å². The summed E-state index contributed by atoms with van der Waals surface area (Å²) >= 11 is 5.18. The molecule has 2 amide bonds. The molecule has 2 atom stereocenters. The van der Waals surface area contributed by atoms with Gasteiger partial charge in [0.25, 0.3) is 11.8 Å². The van der Waals surface area contributed by atoms with Crippen molar-refractivity contribution in [2.24, 2.45) is 5.16 Å². The summed E-state index contributed by atoms with van der Waals surface area (Å²) in [7, 11) is 1.27. The van der Waals surface area contributed by atoms with Crippen molar-refractivity contribution in [3.63, 3.8) is 0 Å². The topological polar surface area (TPSA) is 176 Å². The van der Waals surface area contributed by atoms with E-state index in [4.69, 9.17) is 10.6 Å². The minimum Gasteiger partial charge on any atom is -0.543 e. The van der Waals surface area contributed by atoms with Crippen LogP contribution in [0, 0.1) is 0 Å². The van der Waals surface area contributed by atoms with Crippen LogP contribution in [0.4, 0.5) is 5.13 Å². The van der Waals surface area contributed by atoms with Gasteiger partial charge in [-0.05, 0) is 11.8 Å². The molecule has 4 heterocycles. The molecule has 3 N–H and O–H groups in total. The molecule has 0 radical (unpaired) electrons. The van der Waals surface area contributed by atoms with Crippen molar-refractivity contribution in [1.29, 1.82) is 0 Å². The van der Waals surface area contributed by atoms with Crippen molar-refractivity contribution in [3.05, 3.63) is 38.7 Å². The first-order chi connectivity index (χ1) is 16.4. The Hall–Kier alpha value is -1.31. The second-order valence-electron chi connectivity index (χ2n) is 6.69. The van der Waals surface area contributed by atoms with Gasteiger partial charge in [0.2, 0.25) is 0 Å². The van der Waals surface area contributed by atoms with Gasteiger partial charge in [-0.25, -0.2) is 4.98 Å². The summed E-state index contributed by atoms with van der Waals surface area (Å²) in [5, 5.41) is 29.4. The van der Waals surface area contributed by atoms with Crippen LogP contribution in [0.1, 0.15) is 12.1 Å². The van der Waals surface area contributed by atoms with E-state index in [9.17, 15) is 19.5 Å². The molecule has 178 valence electrons. The molecule has 0 spiro atoms. The molecule has 35 heavy (non-hydrogen) atoms. The van der Waals surface area contributed by atoms with Gasteiger partial charge < -0.3 is 30.7 Å². The van der Waals surface area contributed by atoms with Crippen LogP contribution >= 0.6 is 46.2 Å². The fourth-order valence-electron chi connectivity index (χ4n) is 3.28. The number of oxime groups is 1. The molecule has 1 saturated heterocycles. The number of carbonyl (C=O) groups excluding carboxylic acids is 3. The number of thiazole rings is 1. The SMILES string of the molecule is CON=C(C(=O)NC1C(=O)N2C(C(=O)[O-])=C(C/C=C/Sc3nncs3)SCC12)c1csc(N)n1.[K+]. The first-order valence-corrected chi connectivity index (χ1v) is 13.1. The average Bonchev–Trinajstić information content (AvgIpc) is 3.49. The zero-order valence-electron chi connectivity index (χ0n) is 18.4. The Morgan fingerprint density at radius 1 is 1.46 bits per heavy atom. The summed E-state index contributed by atoms with van der Waals surface area (Å²) in [6.45, 7) is 0. The number of aliphatic carboxylic acids is 1. The second-order valence-corrected chi connectivity index (χ2v) is 10.7. The van der Waals surface area contributed by atoms with Gasteiger partial charge in [0, 0.05) is 16.0 Å². The van der Waals surface area contributed by atoms with Gasteiger partial charge >= 0.3 is 51.4 Å². The van der Waals surface area contributed by atoms with E-state index in [2.05, 4.69) is 25.7 Å². The third-order valence-corrected chi connectivity index (χ3v) is 8.27. The average molecular weight is 578 g/mol. The van der Waals surface area contributed by atoms with Gasteiger partial charge in [-0.2, -0.15) is 0 Å². The number of nitrogens with two attached hydrogens (primary N) is 1. The molecule has 0 saturated carbocycles. The van der Waals surface area contributed by atoms with Gasteiger partial charge in [-0.3, -0.25) is 9.59 Å². The first kappa shape index (κ1) is 28.3. The van der Waals surface area contributed by atoms with Crippen molar-refractivity contribution in [2.45, 2.75) is 22.8 Å². The van der Waals surface area contributed by atoms with Crippen LogP contribution in [0.5, 0.6) is 0 Å². The molecule has 2 aromatic rings. The van der Waals surface area contributed by atoms with E-state index in [1.165, 1.54) is 52.3 Å². The fourth-order valence-corrected chi connectivity index (χ4v) is 6.28. The standard InChI is InChI=1S/C18H17N7O5S4.K/c1-30-24-11(8-5-33-17(19)21-8)14(26)22-12-9-6-32-10(13(16(28)29)25(9)15(12)27)3-2-4-31-18-23-20-7-34-18;/h2,4-5,7,9,12H,3,6H2,1H3,(H2,19,21)(H,22,26)(H,28,29);/q;+1/p-1/b4-2+,24-11?;. The number of hydrogen-bond acceptors (Lipinski definition) is 14. The van der Waals surface area contributed by atoms with E-state index in [1.54, 1.807) is 17.0 Å². The Bertz CT molecular complexity index is 1200. The maximum absolute atomic E-state index is 12.8. The molecule has 4 rings (SSSR count). The molecule has 0 bridgehead atoms. The number of hydrogen-bond donors (Lipinski definition) is 2. The molecule has 0 aromatic carbocycles. The Kier molecular flexibility index (Phi) is 10.3. The van der Waals surface area contributed by atoms with E-state index in [0.29, 0.717) is 17.1 Å². The first-order valence-electron chi connectivity index (χ1n) is 9.52. The largest absolute Gasteiger partial charge is 1.00 e. The molecule has 17 heteroatoms. The molecule has 2 aliphatic rings. The van der Waals surface area contributed by atoms with E-state index in [0.717, 1.165) is 15.7 Å². The van der Waals surface area contributed by atoms with Gasteiger partial charge in [0.05, 0.1) is 17.7 Å². The minimum absolute atomic E-state index is 0. The molecule has 0 aliphatic carbocycles. The van der Waals surface area contributed by atoms with E-state index >= 15 is 0 Å². The summed E-state index contributed by atoms with van der Waals surface area (Å²) in [5.41, 5.74) is 7.13. The van der Waals surface area contributed by atoms with Crippen molar-refractivity contribution < 1.29 is 75.7 Å². The van der Waals surface area contributed by atoms with Gasteiger partial charge in [-0.1, -0.05) is 34.3 Å².